The van der Waals surface area contributed by atoms with Crippen molar-refractivity contribution in [1.29, 1.82) is 0 Å². The topological polar surface area (TPSA) is 51.3 Å². The van der Waals surface area contributed by atoms with Crippen molar-refractivity contribution >= 4 is 16.7 Å². The Hall–Kier alpha value is -1.81. The zero-order valence-electron chi connectivity index (χ0n) is 12.6. The number of carbonyl (C=O) groups is 1. The van der Waals surface area contributed by atoms with Crippen molar-refractivity contribution in [3.8, 4) is 5.75 Å². The van der Waals surface area contributed by atoms with Gasteiger partial charge in [0.15, 0.2) is 5.78 Å². The van der Waals surface area contributed by atoms with Crippen molar-refractivity contribution in [3.63, 3.8) is 0 Å². The molecule has 0 unspecified atom stereocenters. The molecule has 1 saturated carbocycles. The molecule has 0 atom stereocenters. The average Bonchev–Trinajstić information content (AvgIpc) is 2.88. The highest BCUT2D eigenvalue weighted by molar-refractivity contribution is 6.10. The number of ketones is 1. The Morgan fingerprint density at radius 1 is 1.38 bits per heavy atom. The summed E-state index contributed by atoms with van der Waals surface area (Å²) in [6.07, 6.45) is 5.31. The normalized spacial score (nSPS) is 16.7. The lowest BCUT2D eigenvalue weighted by Gasteiger charge is -2.40. The molecule has 0 spiro atoms. The van der Waals surface area contributed by atoms with E-state index in [1.54, 1.807) is 13.3 Å². The van der Waals surface area contributed by atoms with E-state index in [0.717, 1.165) is 35.9 Å². The highest BCUT2D eigenvalue weighted by atomic mass is 16.5. The Kier molecular flexibility index (Phi) is 3.72. The van der Waals surface area contributed by atoms with E-state index < -0.39 is 0 Å². The Labute approximate surface area is 124 Å². The maximum Gasteiger partial charge on any atom is 0.168 e. The molecule has 1 N–H and O–H groups in total. The third-order valence-electron chi connectivity index (χ3n) is 4.45. The smallest absolute Gasteiger partial charge is 0.168 e. The molecule has 1 fully saturated rings. The summed E-state index contributed by atoms with van der Waals surface area (Å²) >= 11 is 0. The van der Waals surface area contributed by atoms with Gasteiger partial charge in [-0.05, 0) is 38.3 Å². The number of hydrogen-bond acceptors (Lipinski definition) is 3. The molecule has 1 aliphatic carbocycles. The number of aromatic nitrogens is 1. The van der Waals surface area contributed by atoms with Crippen molar-refractivity contribution in [2.45, 2.75) is 38.2 Å². The first kappa shape index (κ1) is 14.1. The molecule has 1 aromatic heterocycles. The Morgan fingerprint density at radius 2 is 2.19 bits per heavy atom. The highest BCUT2D eigenvalue weighted by Crippen LogP contribution is 2.40. The summed E-state index contributed by atoms with van der Waals surface area (Å²) in [5.74, 6) is 0.884. The highest BCUT2D eigenvalue weighted by Gasteiger charge is 2.39. The van der Waals surface area contributed by atoms with Gasteiger partial charge >= 0.3 is 0 Å². The first-order valence-corrected chi connectivity index (χ1v) is 7.50. The van der Waals surface area contributed by atoms with Gasteiger partial charge in [-0.3, -0.25) is 4.79 Å². The molecular formula is C17H21NO3. The molecule has 1 heterocycles. The molecular weight excluding hydrogens is 266 g/mol. The van der Waals surface area contributed by atoms with Crippen LogP contribution in [0.4, 0.5) is 0 Å². The van der Waals surface area contributed by atoms with Crippen LogP contribution in [0, 0.1) is 0 Å². The van der Waals surface area contributed by atoms with Crippen LogP contribution in [-0.2, 0) is 4.74 Å². The van der Waals surface area contributed by atoms with Crippen LogP contribution in [0.5, 0.6) is 5.75 Å². The number of ether oxygens (including phenoxy) is 2. The van der Waals surface area contributed by atoms with Gasteiger partial charge in [0, 0.05) is 30.8 Å². The second-order valence-corrected chi connectivity index (χ2v) is 5.65. The van der Waals surface area contributed by atoms with Crippen LogP contribution in [-0.4, -0.2) is 30.1 Å². The molecule has 0 radical (unpaired) electrons. The second kappa shape index (κ2) is 5.53. The van der Waals surface area contributed by atoms with Crippen molar-refractivity contribution in [2.75, 3.05) is 13.7 Å². The summed E-state index contributed by atoms with van der Waals surface area (Å²) in [4.78, 5) is 15.9. The summed E-state index contributed by atoms with van der Waals surface area (Å²) in [6, 6.07) is 5.80. The molecule has 3 rings (SSSR count). The number of fused-ring (bicyclic) bond motifs is 1. The number of carbonyl (C=O) groups excluding carboxylic acids is 1. The average molecular weight is 287 g/mol. The van der Waals surface area contributed by atoms with E-state index in [0.29, 0.717) is 18.6 Å². The quantitative estimate of drug-likeness (QED) is 0.824. The van der Waals surface area contributed by atoms with Gasteiger partial charge in [0.05, 0.1) is 17.6 Å². The molecule has 112 valence electrons. The number of aromatic amines is 1. The van der Waals surface area contributed by atoms with Gasteiger partial charge in [0.1, 0.15) is 5.75 Å². The lowest BCUT2D eigenvalue weighted by atomic mass is 9.76. The van der Waals surface area contributed by atoms with E-state index in [1.807, 2.05) is 25.1 Å². The standard InChI is InChI=1S/C17H21NO3/c1-3-21-15-7-4-6-13-16(15)12(11-18-13)14(19)10-17(20-2)8-5-9-17/h4,6-7,11,18H,3,5,8-10H2,1-2H3. The second-order valence-electron chi connectivity index (χ2n) is 5.65. The molecule has 0 bridgehead atoms. The van der Waals surface area contributed by atoms with Crippen molar-refractivity contribution < 1.29 is 14.3 Å². The van der Waals surface area contributed by atoms with Crippen LogP contribution in [0.3, 0.4) is 0 Å². The third-order valence-corrected chi connectivity index (χ3v) is 4.45. The number of Topliss-reactive ketones (excluding diaryl/α,β-unsaturated/α-hetero) is 1. The minimum Gasteiger partial charge on any atom is -0.493 e. The van der Waals surface area contributed by atoms with E-state index in [9.17, 15) is 4.79 Å². The fourth-order valence-corrected chi connectivity index (χ4v) is 3.06. The van der Waals surface area contributed by atoms with Crippen LogP contribution in [0.25, 0.3) is 10.9 Å². The summed E-state index contributed by atoms with van der Waals surface area (Å²) in [5.41, 5.74) is 1.39. The number of benzene rings is 1. The van der Waals surface area contributed by atoms with E-state index in [-0.39, 0.29) is 11.4 Å². The lowest BCUT2D eigenvalue weighted by molar-refractivity contribution is -0.0704. The van der Waals surface area contributed by atoms with Crippen LogP contribution >= 0.6 is 0 Å². The largest absolute Gasteiger partial charge is 0.493 e. The molecule has 0 aliphatic heterocycles. The first-order valence-electron chi connectivity index (χ1n) is 7.50. The van der Waals surface area contributed by atoms with E-state index in [4.69, 9.17) is 9.47 Å². The fraction of sp³-hybridized carbons (Fsp3) is 0.471. The van der Waals surface area contributed by atoms with Crippen LogP contribution in [0.15, 0.2) is 24.4 Å². The van der Waals surface area contributed by atoms with Gasteiger partial charge in [-0.25, -0.2) is 0 Å². The lowest BCUT2D eigenvalue weighted by Crippen LogP contribution is -2.41. The summed E-state index contributed by atoms with van der Waals surface area (Å²) < 4.78 is 11.2. The zero-order chi connectivity index (χ0) is 14.9. The minimum absolute atomic E-state index is 0.120. The molecule has 0 amide bonds. The predicted molar refractivity (Wildman–Crippen MR) is 82.0 cm³/mol. The summed E-state index contributed by atoms with van der Waals surface area (Å²) in [6.45, 7) is 2.53. The van der Waals surface area contributed by atoms with Crippen LogP contribution in [0.1, 0.15) is 43.0 Å². The molecule has 21 heavy (non-hydrogen) atoms. The van der Waals surface area contributed by atoms with E-state index >= 15 is 0 Å². The van der Waals surface area contributed by atoms with Crippen molar-refractivity contribution in [3.05, 3.63) is 30.0 Å². The Morgan fingerprint density at radius 3 is 2.81 bits per heavy atom. The number of methoxy groups -OCH3 is 1. The maximum absolute atomic E-state index is 12.7. The number of rotatable bonds is 6. The van der Waals surface area contributed by atoms with Gasteiger partial charge < -0.3 is 14.5 Å². The molecule has 4 nitrogen and oxygen atoms in total. The minimum atomic E-state index is -0.249. The van der Waals surface area contributed by atoms with Crippen LogP contribution in [0.2, 0.25) is 0 Å². The maximum atomic E-state index is 12.7. The molecule has 1 aromatic carbocycles. The number of hydrogen-bond donors (Lipinski definition) is 1. The molecule has 2 aromatic rings. The van der Waals surface area contributed by atoms with E-state index in [1.165, 1.54) is 0 Å². The van der Waals surface area contributed by atoms with Gasteiger partial charge in [-0.15, -0.1) is 0 Å². The van der Waals surface area contributed by atoms with Gasteiger partial charge in [-0.1, -0.05) is 6.07 Å². The van der Waals surface area contributed by atoms with E-state index in [2.05, 4.69) is 4.98 Å². The molecule has 1 aliphatic rings. The summed E-state index contributed by atoms with van der Waals surface area (Å²) in [5, 5.41) is 0.884. The molecule has 0 saturated heterocycles. The van der Waals surface area contributed by atoms with Crippen molar-refractivity contribution in [1.82, 2.24) is 4.98 Å². The van der Waals surface area contributed by atoms with Crippen LogP contribution < -0.4 is 4.74 Å². The summed E-state index contributed by atoms with van der Waals surface area (Å²) in [7, 11) is 1.70. The number of H-pyrrole nitrogens is 1. The predicted octanol–water partition coefficient (Wildman–Crippen LogP) is 3.71. The zero-order valence-corrected chi connectivity index (χ0v) is 12.6. The Bertz CT molecular complexity index is 650. The van der Waals surface area contributed by atoms with Gasteiger partial charge in [0.25, 0.3) is 0 Å². The third kappa shape index (κ3) is 2.44. The SMILES string of the molecule is CCOc1cccc2[nH]cc(C(=O)CC3(OC)CCC3)c12. The van der Waals surface area contributed by atoms with Gasteiger partial charge in [-0.2, -0.15) is 0 Å². The number of nitrogens with one attached hydrogen (secondary N) is 1. The monoisotopic (exact) mass is 287 g/mol. The Balaban J connectivity index is 1.94. The molecule has 4 heteroatoms. The van der Waals surface area contributed by atoms with Crippen molar-refractivity contribution in [2.24, 2.45) is 0 Å². The fourth-order valence-electron chi connectivity index (χ4n) is 3.06. The first-order chi connectivity index (χ1) is 10.2. The van der Waals surface area contributed by atoms with Gasteiger partial charge in [0.2, 0.25) is 0 Å².